The van der Waals surface area contributed by atoms with Gasteiger partial charge in [0.15, 0.2) is 5.69 Å². The van der Waals surface area contributed by atoms with Crippen LogP contribution in [-0.2, 0) is 6.18 Å². The average molecular weight is 263 g/mol. The van der Waals surface area contributed by atoms with Gasteiger partial charge in [-0.05, 0) is 6.07 Å². The molecule has 2 rings (SSSR count). The van der Waals surface area contributed by atoms with Gasteiger partial charge in [-0.15, -0.1) is 11.3 Å². The van der Waals surface area contributed by atoms with E-state index in [0.717, 1.165) is 11.3 Å². The molecule has 1 aromatic carbocycles. The van der Waals surface area contributed by atoms with Crippen LogP contribution in [-0.4, -0.2) is 4.98 Å². The van der Waals surface area contributed by atoms with Crippen LogP contribution >= 0.6 is 22.9 Å². The molecule has 0 saturated carbocycles. The third kappa shape index (κ3) is 2.20. The molecule has 16 heavy (non-hydrogen) atoms. The molecular weight excluding hydrogens is 259 g/mol. The van der Waals surface area contributed by atoms with Crippen LogP contribution in [0.5, 0.6) is 0 Å². The summed E-state index contributed by atoms with van der Waals surface area (Å²) in [6, 6.07) is 6.62. The minimum absolute atomic E-state index is 0.220. The second kappa shape index (κ2) is 4.07. The standard InChI is InChI=1S/C10H4ClF3NS/c11-7-4-2-1-3-6(7)9-15-8(5-16-9)10(12,13)14/h1-4H. The van der Waals surface area contributed by atoms with Crippen molar-refractivity contribution in [3.05, 3.63) is 40.4 Å². The van der Waals surface area contributed by atoms with E-state index in [0.29, 0.717) is 10.6 Å². The summed E-state index contributed by atoms with van der Waals surface area (Å²) in [5.41, 5.74) is -0.520. The maximum atomic E-state index is 12.3. The fourth-order valence-electron chi connectivity index (χ4n) is 1.11. The summed E-state index contributed by atoms with van der Waals surface area (Å²) in [4.78, 5) is 3.47. The Hall–Kier alpha value is -1.07. The number of thiazole rings is 1. The largest absolute Gasteiger partial charge is 0.434 e. The van der Waals surface area contributed by atoms with Crippen molar-refractivity contribution >= 4 is 22.9 Å². The molecule has 0 spiro atoms. The van der Waals surface area contributed by atoms with Crippen LogP contribution in [0.3, 0.4) is 0 Å². The van der Waals surface area contributed by atoms with Gasteiger partial charge < -0.3 is 0 Å². The molecule has 1 radical (unpaired) electrons. The molecule has 83 valence electrons. The highest BCUT2D eigenvalue weighted by atomic mass is 35.5. The lowest BCUT2D eigenvalue weighted by Gasteiger charge is -2.01. The van der Waals surface area contributed by atoms with Crippen molar-refractivity contribution in [2.75, 3.05) is 0 Å². The highest BCUT2D eigenvalue weighted by molar-refractivity contribution is 7.12. The van der Waals surface area contributed by atoms with Crippen molar-refractivity contribution in [2.24, 2.45) is 0 Å². The van der Waals surface area contributed by atoms with Crippen LogP contribution < -0.4 is 0 Å². The van der Waals surface area contributed by atoms with Crippen LogP contribution in [0.25, 0.3) is 10.6 Å². The molecule has 0 amide bonds. The normalized spacial score (nSPS) is 11.8. The van der Waals surface area contributed by atoms with E-state index in [-0.39, 0.29) is 5.01 Å². The Morgan fingerprint density at radius 3 is 2.50 bits per heavy atom. The van der Waals surface area contributed by atoms with Crippen molar-refractivity contribution in [1.29, 1.82) is 0 Å². The van der Waals surface area contributed by atoms with Crippen LogP contribution in [0.4, 0.5) is 13.2 Å². The molecule has 1 aromatic heterocycles. The number of aromatic nitrogens is 1. The summed E-state index contributed by atoms with van der Waals surface area (Å²) in [5, 5.41) is 2.71. The molecule has 0 saturated heterocycles. The van der Waals surface area contributed by atoms with E-state index in [2.05, 4.69) is 10.4 Å². The molecule has 2 aromatic rings. The summed E-state index contributed by atoms with van der Waals surface area (Å²) in [5.74, 6) is 0. The van der Waals surface area contributed by atoms with Crippen LogP contribution in [0.15, 0.2) is 24.3 Å². The van der Waals surface area contributed by atoms with Crippen LogP contribution in [0.2, 0.25) is 5.02 Å². The first-order valence-electron chi connectivity index (χ1n) is 4.19. The van der Waals surface area contributed by atoms with Gasteiger partial charge in [0, 0.05) is 5.56 Å². The summed E-state index contributed by atoms with van der Waals surface area (Å²) in [6.07, 6.45) is -4.46. The van der Waals surface area contributed by atoms with Crippen molar-refractivity contribution in [3.63, 3.8) is 0 Å². The molecule has 0 bridgehead atoms. The van der Waals surface area contributed by atoms with Gasteiger partial charge in [0.1, 0.15) is 5.01 Å². The first-order valence-corrected chi connectivity index (χ1v) is 5.38. The maximum Gasteiger partial charge on any atom is 0.434 e. The minimum Gasteiger partial charge on any atom is -0.231 e. The SMILES string of the molecule is FC(F)(F)c1[c]sc(-c2ccccc2Cl)n1. The molecule has 0 fully saturated rings. The first kappa shape index (κ1) is 11.4. The van der Waals surface area contributed by atoms with Crippen molar-refractivity contribution < 1.29 is 13.2 Å². The van der Waals surface area contributed by atoms with E-state index in [1.165, 1.54) is 0 Å². The molecule has 0 aliphatic rings. The molecule has 0 N–H and O–H groups in total. The number of nitrogens with zero attached hydrogens (tertiary/aromatic N) is 1. The number of benzene rings is 1. The van der Waals surface area contributed by atoms with Crippen LogP contribution in [0.1, 0.15) is 5.69 Å². The fraction of sp³-hybridized carbons (Fsp3) is 0.100. The monoisotopic (exact) mass is 262 g/mol. The highest BCUT2D eigenvalue weighted by Crippen LogP contribution is 2.35. The fourth-order valence-corrected chi connectivity index (χ4v) is 2.18. The van der Waals surface area contributed by atoms with E-state index >= 15 is 0 Å². The first-order chi connectivity index (χ1) is 7.48. The molecule has 1 heterocycles. The third-order valence-corrected chi connectivity index (χ3v) is 2.96. The maximum absolute atomic E-state index is 12.3. The molecule has 6 heteroatoms. The second-order valence-corrected chi connectivity index (χ2v) is 4.15. The predicted molar refractivity (Wildman–Crippen MR) is 56.4 cm³/mol. The Balaban J connectivity index is 2.44. The van der Waals surface area contributed by atoms with Gasteiger partial charge >= 0.3 is 6.18 Å². The highest BCUT2D eigenvalue weighted by Gasteiger charge is 2.34. The topological polar surface area (TPSA) is 12.9 Å². The summed E-state index contributed by atoms with van der Waals surface area (Å²) in [6.45, 7) is 0. The third-order valence-electron chi connectivity index (χ3n) is 1.83. The number of hydrogen-bond donors (Lipinski definition) is 0. The van der Waals surface area contributed by atoms with E-state index < -0.39 is 11.9 Å². The lowest BCUT2D eigenvalue weighted by Crippen LogP contribution is -2.05. The molecule has 0 unspecified atom stereocenters. The van der Waals surface area contributed by atoms with Crippen molar-refractivity contribution in [3.8, 4) is 10.6 Å². The number of halogens is 4. The van der Waals surface area contributed by atoms with Gasteiger partial charge in [-0.3, -0.25) is 0 Å². The summed E-state index contributed by atoms with van der Waals surface area (Å²) < 4.78 is 36.9. The molecule has 0 atom stereocenters. The molecule has 0 aliphatic heterocycles. The average Bonchev–Trinajstić information content (AvgIpc) is 2.66. The smallest absolute Gasteiger partial charge is 0.231 e. The second-order valence-electron chi connectivity index (χ2n) is 2.95. The minimum atomic E-state index is -4.46. The van der Waals surface area contributed by atoms with Gasteiger partial charge in [0.05, 0.1) is 10.4 Å². The van der Waals surface area contributed by atoms with Gasteiger partial charge in [-0.2, -0.15) is 13.2 Å². The van der Waals surface area contributed by atoms with E-state index in [1.807, 2.05) is 0 Å². The van der Waals surface area contributed by atoms with Crippen molar-refractivity contribution in [1.82, 2.24) is 4.98 Å². The zero-order valence-electron chi connectivity index (χ0n) is 7.68. The molecule has 1 nitrogen and oxygen atoms in total. The van der Waals surface area contributed by atoms with E-state index in [1.54, 1.807) is 24.3 Å². The number of hydrogen-bond acceptors (Lipinski definition) is 2. The number of rotatable bonds is 1. The lowest BCUT2D eigenvalue weighted by molar-refractivity contribution is -0.140. The Kier molecular flexibility index (Phi) is 2.90. The summed E-state index contributed by atoms with van der Waals surface area (Å²) in [7, 11) is 0. The Morgan fingerprint density at radius 1 is 1.25 bits per heavy atom. The van der Waals surface area contributed by atoms with Gasteiger partial charge in [0.2, 0.25) is 0 Å². The zero-order chi connectivity index (χ0) is 11.8. The Bertz CT molecular complexity index is 507. The van der Waals surface area contributed by atoms with Gasteiger partial charge in [-0.25, -0.2) is 4.98 Å². The Labute approximate surface area is 98.5 Å². The summed E-state index contributed by atoms with van der Waals surface area (Å²) >= 11 is 6.66. The lowest BCUT2D eigenvalue weighted by atomic mass is 10.2. The van der Waals surface area contributed by atoms with Gasteiger partial charge in [0.25, 0.3) is 0 Å². The Morgan fingerprint density at radius 2 is 1.94 bits per heavy atom. The van der Waals surface area contributed by atoms with E-state index in [4.69, 9.17) is 11.6 Å². The molecular formula is C10H4ClF3NS. The zero-order valence-corrected chi connectivity index (χ0v) is 9.25. The molecule has 0 aliphatic carbocycles. The quantitative estimate of drug-likeness (QED) is 0.747. The number of alkyl halides is 3. The van der Waals surface area contributed by atoms with Gasteiger partial charge in [-0.1, -0.05) is 29.8 Å². The van der Waals surface area contributed by atoms with Crippen LogP contribution in [0, 0.1) is 5.38 Å². The predicted octanol–water partition coefficient (Wildman–Crippen LogP) is 4.28. The van der Waals surface area contributed by atoms with E-state index in [9.17, 15) is 13.2 Å². The van der Waals surface area contributed by atoms with Crippen molar-refractivity contribution in [2.45, 2.75) is 6.18 Å².